The van der Waals surface area contributed by atoms with Crippen LogP contribution in [-0.2, 0) is 48.3 Å². The molecule has 2 amide bonds. The van der Waals surface area contributed by atoms with E-state index in [0.29, 0.717) is 18.8 Å². The number of esters is 1. The van der Waals surface area contributed by atoms with Crippen LogP contribution in [0.15, 0.2) is 115 Å². The lowest BCUT2D eigenvalue weighted by molar-refractivity contribution is -0.178. The van der Waals surface area contributed by atoms with Crippen molar-refractivity contribution in [2.45, 2.75) is 51.7 Å². The first-order valence-electron chi connectivity index (χ1n) is 16.1. The lowest BCUT2D eigenvalue weighted by Gasteiger charge is -2.51. The van der Waals surface area contributed by atoms with Crippen molar-refractivity contribution in [2.24, 2.45) is 11.3 Å². The van der Waals surface area contributed by atoms with Gasteiger partial charge in [0.2, 0.25) is 11.8 Å². The number of hydrogen-bond donors (Lipinski definition) is 1. The second kappa shape index (κ2) is 14.3. The van der Waals surface area contributed by atoms with Gasteiger partial charge in [0.25, 0.3) is 0 Å². The summed E-state index contributed by atoms with van der Waals surface area (Å²) in [7, 11) is 1.35. The van der Waals surface area contributed by atoms with Crippen LogP contribution in [0.2, 0.25) is 0 Å². The van der Waals surface area contributed by atoms with Crippen molar-refractivity contribution >= 4 is 28.6 Å². The third kappa shape index (κ3) is 6.84. The first-order chi connectivity index (χ1) is 22.9. The van der Waals surface area contributed by atoms with E-state index in [2.05, 4.69) is 5.32 Å². The predicted molar refractivity (Wildman–Crippen MR) is 178 cm³/mol. The van der Waals surface area contributed by atoms with Crippen LogP contribution in [0.1, 0.15) is 36.5 Å². The highest BCUT2D eigenvalue weighted by molar-refractivity contribution is 5.93. The van der Waals surface area contributed by atoms with Gasteiger partial charge < -0.3 is 24.4 Å². The Hall–Kier alpha value is -4.79. The molecular formula is C39H40N2O6. The molecule has 0 spiro atoms. The number of likely N-dealkylation sites (tertiary alicyclic amines) is 1. The van der Waals surface area contributed by atoms with Crippen molar-refractivity contribution in [1.82, 2.24) is 10.2 Å². The van der Waals surface area contributed by atoms with Gasteiger partial charge in [0, 0.05) is 24.6 Å². The molecule has 0 unspecified atom stereocenters. The number of piperidine rings is 1. The maximum absolute atomic E-state index is 14.5. The zero-order valence-corrected chi connectivity index (χ0v) is 26.8. The van der Waals surface area contributed by atoms with Crippen molar-refractivity contribution in [1.29, 1.82) is 0 Å². The van der Waals surface area contributed by atoms with Gasteiger partial charge in [-0.2, -0.15) is 0 Å². The molecule has 2 aliphatic heterocycles. The normalized spacial score (nSPS) is 22.3. The Morgan fingerprint density at radius 3 is 2.34 bits per heavy atom. The Bertz CT molecular complexity index is 1750. The molecule has 1 N–H and O–H groups in total. The first-order valence-corrected chi connectivity index (χ1v) is 16.1. The average Bonchev–Trinajstić information content (AvgIpc) is 3.10. The summed E-state index contributed by atoms with van der Waals surface area (Å²) in [5.41, 5.74) is 2.16. The van der Waals surface area contributed by atoms with Gasteiger partial charge in [-0.3, -0.25) is 14.4 Å². The number of amides is 2. The number of ether oxygens (including phenoxy) is 3. The lowest BCUT2D eigenvalue weighted by Crippen LogP contribution is -2.60. The second-order valence-corrected chi connectivity index (χ2v) is 12.3. The molecule has 4 aromatic rings. The smallest absolute Gasteiger partial charge is 0.320 e. The molecule has 0 aliphatic carbocycles. The van der Waals surface area contributed by atoms with Crippen LogP contribution in [-0.4, -0.2) is 48.6 Å². The van der Waals surface area contributed by atoms with Gasteiger partial charge in [-0.05, 0) is 46.9 Å². The minimum atomic E-state index is -1.30. The summed E-state index contributed by atoms with van der Waals surface area (Å²) in [5, 5.41) is 5.01. The Kier molecular flexibility index (Phi) is 9.80. The van der Waals surface area contributed by atoms with Gasteiger partial charge in [0.05, 0.1) is 33.0 Å². The minimum Gasteiger partial charge on any atom is -0.468 e. The van der Waals surface area contributed by atoms with Gasteiger partial charge in [-0.25, -0.2) is 0 Å². The molecule has 8 heteroatoms. The molecule has 0 saturated carbocycles. The van der Waals surface area contributed by atoms with E-state index >= 15 is 0 Å². The maximum Gasteiger partial charge on any atom is 0.320 e. The van der Waals surface area contributed by atoms with E-state index < -0.39 is 29.5 Å². The molecule has 8 nitrogen and oxygen atoms in total. The van der Waals surface area contributed by atoms with Gasteiger partial charge in [-0.15, -0.1) is 0 Å². The molecule has 47 heavy (non-hydrogen) atoms. The molecule has 2 heterocycles. The fraction of sp³-hybridized carbons (Fsp3) is 0.308. The quantitative estimate of drug-likeness (QED) is 0.206. The van der Waals surface area contributed by atoms with Crippen LogP contribution in [0, 0.1) is 11.3 Å². The van der Waals surface area contributed by atoms with E-state index in [4.69, 9.17) is 14.2 Å². The summed E-state index contributed by atoms with van der Waals surface area (Å²) in [5.74, 6) is -1.74. The number of hydrogen-bond acceptors (Lipinski definition) is 6. The molecule has 4 atom stereocenters. The fourth-order valence-electron chi connectivity index (χ4n) is 6.87. The van der Waals surface area contributed by atoms with E-state index in [-0.39, 0.29) is 37.8 Å². The molecular weight excluding hydrogens is 592 g/mol. The zero-order valence-electron chi connectivity index (χ0n) is 26.8. The summed E-state index contributed by atoms with van der Waals surface area (Å²) in [6.07, 6.45) is 0.707. The second-order valence-electron chi connectivity index (χ2n) is 12.3. The average molecular weight is 633 g/mol. The van der Waals surface area contributed by atoms with Gasteiger partial charge in [0.15, 0.2) is 0 Å². The zero-order chi connectivity index (χ0) is 32.8. The van der Waals surface area contributed by atoms with Crippen molar-refractivity contribution in [3.05, 3.63) is 132 Å². The third-order valence-corrected chi connectivity index (χ3v) is 9.26. The minimum absolute atomic E-state index is 0.0694. The summed E-state index contributed by atoms with van der Waals surface area (Å²) in [4.78, 5) is 43.3. The van der Waals surface area contributed by atoms with Crippen LogP contribution in [0.25, 0.3) is 10.8 Å². The lowest BCUT2D eigenvalue weighted by atomic mass is 9.66. The monoisotopic (exact) mass is 632 g/mol. The standard InChI is InChI=1S/C39H40N2O6/c1-27-39(38(44)45-2)22-32(20-36(42)40-23-28-12-5-3-6-13-28)37(43)41(24-31-18-11-17-30-16-9-10-19-34(30)31)35(39)21-33(47-27)26-46-25-29-14-7-4-8-15-29/h3-19,21,27,32-33H,20,22-26H2,1-2H3,(H,40,42)/t27-,32+,33-,39+/m1/s1. The number of fused-ring (bicyclic) bond motifs is 2. The molecule has 242 valence electrons. The number of carbonyl (C=O) groups excluding carboxylic acids is 3. The van der Waals surface area contributed by atoms with E-state index in [9.17, 15) is 14.4 Å². The van der Waals surface area contributed by atoms with E-state index in [1.165, 1.54) is 7.11 Å². The van der Waals surface area contributed by atoms with Crippen LogP contribution < -0.4 is 5.32 Å². The highest BCUT2D eigenvalue weighted by Gasteiger charge is 2.59. The largest absolute Gasteiger partial charge is 0.468 e. The summed E-state index contributed by atoms with van der Waals surface area (Å²) in [6, 6.07) is 33.5. The molecule has 2 aliphatic rings. The Morgan fingerprint density at radius 1 is 0.915 bits per heavy atom. The molecule has 0 radical (unpaired) electrons. The SMILES string of the molecule is COC(=O)[C@]12C[C@H](CC(=O)NCc3ccccc3)C(=O)N(Cc3cccc4ccccc34)C1=C[C@H](COCc1ccccc1)O[C@@H]2C. The van der Waals surface area contributed by atoms with Crippen molar-refractivity contribution < 1.29 is 28.6 Å². The van der Waals surface area contributed by atoms with Crippen LogP contribution >= 0.6 is 0 Å². The molecule has 0 aromatic heterocycles. The van der Waals surface area contributed by atoms with E-state index in [0.717, 1.165) is 27.5 Å². The maximum atomic E-state index is 14.5. The van der Waals surface area contributed by atoms with Crippen molar-refractivity contribution in [2.75, 3.05) is 13.7 Å². The van der Waals surface area contributed by atoms with E-state index in [1.54, 1.807) is 4.90 Å². The third-order valence-electron chi connectivity index (χ3n) is 9.26. The molecule has 1 fully saturated rings. The number of nitrogens with zero attached hydrogens (tertiary/aromatic N) is 1. The van der Waals surface area contributed by atoms with Gasteiger partial charge in [-0.1, -0.05) is 103 Å². The Balaban J connectivity index is 1.33. The highest BCUT2D eigenvalue weighted by Crippen LogP contribution is 2.51. The van der Waals surface area contributed by atoms with Gasteiger partial charge in [0.1, 0.15) is 11.5 Å². The number of carbonyl (C=O) groups is 3. The van der Waals surface area contributed by atoms with Crippen LogP contribution in [0.3, 0.4) is 0 Å². The Morgan fingerprint density at radius 2 is 1.60 bits per heavy atom. The molecule has 6 rings (SSSR count). The van der Waals surface area contributed by atoms with Crippen LogP contribution in [0.5, 0.6) is 0 Å². The molecule has 4 aromatic carbocycles. The molecule has 0 bridgehead atoms. The highest BCUT2D eigenvalue weighted by atomic mass is 16.5. The van der Waals surface area contributed by atoms with E-state index in [1.807, 2.05) is 116 Å². The Labute approximate surface area is 275 Å². The number of nitrogens with one attached hydrogen (secondary N) is 1. The summed E-state index contributed by atoms with van der Waals surface area (Å²) in [6.45, 7) is 3.04. The first kappa shape index (κ1) is 32.2. The topological polar surface area (TPSA) is 94.2 Å². The van der Waals surface area contributed by atoms with Crippen molar-refractivity contribution in [3.8, 4) is 0 Å². The number of rotatable bonds is 11. The van der Waals surface area contributed by atoms with Crippen molar-refractivity contribution in [3.63, 3.8) is 0 Å². The van der Waals surface area contributed by atoms with Crippen LogP contribution in [0.4, 0.5) is 0 Å². The molecule has 1 saturated heterocycles. The summed E-state index contributed by atoms with van der Waals surface area (Å²) < 4.78 is 17.9. The predicted octanol–water partition coefficient (Wildman–Crippen LogP) is 5.94. The number of benzene rings is 4. The fourth-order valence-corrected chi connectivity index (χ4v) is 6.87. The van der Waals surface area contributed by atoms with Gasteiger partial charge >= 0.3 is 5.97 Å². The number of methoxy groups -OCH3 is 1. The summed E-state index contributed by atoms with van der Waals surface area (Å²) >= 11 is 0.